The predicted molar refractivity (Wildman–Crippen MR) is 132 cm³/mol. The van der Waals surface area contributed by atoms with E-state index in [1.807, 2.05) is 0 Å². The molecule has 0 bridgehead atoms. The van der Waals surface area contributed by atoms with Gasteiger partial charge in [0.05, 0.1) is 26.9 Å². The minimum Gasteiger partial charge on any atom is -0.493 e. The molecule has 11 heteroatoms. The van der Waals surface area contributed by atoms with E-state index in [4.69, 9.17) is 23.7 Å². The average Bonchev–Trinajstić information content (AvgIpc) is 2.89. The van der Waals surface area contributed by atoms with Crippen molar-refractivity contribution in [2.24, 2.45) is 4.99 Å². The number of esters is 1. The maximum atomic E-state index is 13.4. The molecule has 0 heterocycles. The van der Waals surface area contributed by atoms with Crippen molar-refractivity contribution in [1.82, 2.24) is 4.90 Å². The molecule has 0 saturated carbocycles. The first kappa shape index (κ1) is 28.9. The number of aliphatic imine (C=N–C) groups is 1. The third-order valence-corrected chi connectivity index (χ3v) is 4.94. The number of rotatable bonds is 13. The molecular weight excluding hydrogens is 484 g/mol. The number of hydrogen-bond donors (Lipinski definition) is 0. The molecule has 0 fully saturated rings. The molecule has 37 heavy (non-hydrogen) atoms. The SMILES string of the molecule is CCOC(=O)C(CCCCN=C=O)N(C(=O)Oc1ccccc1OC)C(=O)Oc1ccccc1OCC. The van der Waals surface area contributed by atoms with Gasteiger partial charge < -0.3 is 23.7 Å². The van der Waals surface area contributed by atoms with E-state index < -0.39 is 24.2 Å². The Morgan fingerprint density at radius 1 is 0.865 bits per heavy atom. The molecule has 1 unspecified atom stereocenters. The van der Waals surface area contributed by atoms with E-state index in [9.17, 15) is 19.2 Å². The Bertz CT molecular complexity index is 1100. The Balaban J connectivity index is 2.42. The lowest BCUT2D eigenvalue weighted by Crippen LogP contribution is -2.51. The number of benzene rings is 2. The number of nitrogens with zero attached hydrogens (tertiary/aromatic N) is 2. The second-order valence-corrected chi connectivity index (χ2v) is 7.37. The number of carbonyl (C=O) groups excluding carboxylic acids is 4. The summed E-state index contributed by atoms with van der Waals surface area (Å²) in [5.41, 5.74) is 0. The molecule has 0 N–H and O–H groups in total. The second kappa shape index (κ2) is 15.6. The molecule has 0 radical (unpaired) electrons. The van der Waals surface area contributed by atoms with Crippen LogP contribution in [0.5, 0.6) is 23.0 Å². The quantitative estimate of drug-likeness (QED) is 0.164. The summed E-state index contributed by atoms with van der Waals surface area (Å²) in [6, 6.07) is 11.4. The lowest BCUT2D eigenvalue weighted by Gasteiger charge is -2.27. The third kappa shape index (κ3) is 8.66. The molecule has 0 aliphatic heterocycles. The Morgan fingerprint density at radius 2 is 1.43 bits per heavy atom. The van der Waals surface area contributed by atoms with Gasteiger partial charge in [0.25, 0.3) is 0 Å². The van der Waals surface area contributed by atoms with E-state index in [2.05, 4.69) is 4.99 Å². The minimum atomic E-state index is -1.38. The van der Waals surface area contributed by atoms with Gasteiger partial charge in [-0.3, -0.25) is 0 Å². The number of unbranched alkanes of at least 4 members (excludes halogenated alkanes) is 1. The number of methoxy groups -OCH3 is 1. The van der Waals surface area contributed by atoms with Crippen molar-refractivity contribution >= 4 is 24.2 Å². The Hall–Kier alpha value is -4.37. The summed E-state index contributed by atoms with van der Waals surface area (Å²) in [6.07, 6.45) is -0.159. The van der Waals surface area contributed by atoms with E-state index in [1.165, 1.54) is 25.3 Å². The maximum absolute atomic E-state index is 13.4. The van der Waals surface area contributed by atoms with Crippen molar-refractivity contribution in [3.05, 3.63) is 48.5 Å². The van der Waals surface area contributed by atoms with Crippen LogP contribution >= 0.6 is 0 Å². The Kier molecular flexibility index (Phi) is 12.2. The summed E-state index contributed by atoms with van der Waals surface area (Å²) in [4.78, 5) is 54.0. The number of imide groups is 1. The van der Waals surface area contributed by atoms with Crippen LogP contribution < -0.4 is 18.9 Å². The summed E-state index contributed by atoms with van der Waals surface area (Å²) in [5, 5.41) is 0. The molecular formula is C26H30N2O9. The van der Waals surface area contributed by atoms with Crippen LogP contribution in [0.4, 0.5) is 9.59 Å². The predicted octanol–water partition coefficient (Wildman–Crippen LogP) is 4.53. The lowest BCUT2D eigenvalue weighted by atomic mass is 10.1. The smallest absolute Gasteiger partial charge is 0.425 e. The van der Waals surface area contributed by atoms with Gasteiger partial charge in [-0.1, -0.05) is 24.3 Å². The van der Waals surface area contributed by atoms with Crippen LogP contribution in [0, 0.1) is 0 Å². The highest BCUT2D eigenvalue weighted by atomic mass is 16.6. The average molecular weight is 515 g/mol. The van der Waals surface area contributed by atoms with Gasteiger partial charge in [0, 0.05) is 0 Å². The van der Waals surface area contributed by atoms with Crippen molar-refractivity contribution in [1.29, 1.82) is 0 Å². The Labute approximate surface area is 214 Å². The standard InChI is InChI=1S/C26H30N2O9/c1-4-34-21-14-7-9-16-23(21)37-26(32)28(25(31)36-22-15-8-6-13-20(22)33-3)19(24(30)35-5-2)12-10-11-17-27-18-29/h6-9,13-16,19H,4-5,10-12,17H2,1-3H3. The highest BCUT2D eigenvalue weighted by molar-refractivity contribution is 5.95. The molecule has 2 aromatic carbocycles. The highest BCUT2D eigenvalue weighted by Crippen LogP contribution is 2.29. The molecule has 0 saturated heterocycles. The molecule has 1 atom stereocenters. The number of para-hydroxylation sites is 4. The van der Waals surface area contributed by atoms with Gasteiger partial charge in [0.15, 0.2) is 23.0 Å². The zero-order valence-electron chi connectivity index (χ0n) is 21.0. The number of carbonyl (C=O) groups is 3. The van der Waals surface area contributed by atoms with Crippen molar-refractivity contribution in [3.63, 3.8) is 0 Å². The second-order valence-electron chi connectivity index (χ2n) is 7.37. The van der Waals surface area contributed by atoms with Crippen LogP contribution in [0.1, 0.15) is 33.1 Å². The minimum absolute atomic E-state index is 0.0104. The first-order valence-electron chi connectivity index (χ1n) is 11.7. The van der Waals surface area contributed by atoms with Crippen LogP contribution in [-0.2, 0) is 14.3 Å². The van der Waals surface area contributed by atoms with Crippen LogP contribution in [0.15, 0.2) is 53.5 Å². The van der Waals surface area contributed by atoms with Crippen LogP contribution in [0.3, 0.4) is 0 Å². The molecule has 0 spiro atoms. The molecule has 11 nitrogen and oxygen atoms in total. The highest BCUT2D eigenvalue weighted by Gasteiger charge is 2.39. The van der Waals surface area contributed by atoms with Gasteiger partial charge in [-0.05, 0) is 57.4 Å². The molecule has 2 amide bonds. The van der Waals surface area contributed by atoms with E-state index >= 15 is 0 Å². The van der Waals surface area contributed by atoms with Crippen molar-refractivity contribution in [3.8, 4) is 23.0 Å². The molecule has 2 aromatic rings. The summed E-state index contributed by atoms with van der Waals surface area (Å²) >= 11 is 0. The summed E-state index contributed by atoms with van der Waals surface area (Å²) in [6.45, 7) is 3.87. The van der Waals surface area contributed by atoms with Crippen LogP contribution in [-0.4, -0.2) is 62.0 Å². The van der Waals surface area contributed by atoms with Crippen molar-refractivity contribution in [2.75, 3.05) is 26.9 Å². The molecule has 2 rings (SSSR count). The van der Waals surface area contributed by atoms with E-state index in [-0.39, 0.29) is 42.6 Å². The van der Waals surface area contributed by atoms with Crippen LogP contribution in [0.2, 0.25) is 0 Å². The molecule has 0 aliphatic rings. The lowest BCUT2D eigenvalue weighted by molar-refractivity contribution is -0.148. The van der Waals surface area contributed by atoms with Crippen molar-refractivity contribution in [2.45, 2.75) is 39.2 Å². The van der Waals surface area contributed by atoms with Gasteiger partial charge in [0.2, 0.25) is 6.08 Å². The fraction of sp³-hybridized carbons (Fsp3) is 0.385. The largest absolute Gasteiger partial charge is 0.493 e. The summed E-state index contributed by atoms with van der Waals surface area (Å²) in [7, 11) is 1.40. The zero-order valence-corrected chi connectivity index (χ0v) is 21.0. The van der Waals surface area contributed by atoms with E-state index in [0.717, 1.165) is 0 Å². The molecule has 198 valence electrons. The third-order valence-electron chi connectivity index (χ3n) is 4.94. The summed E-state index contributed by atoms with van der Waals surface area (Å²) < 4.78 is 26.8. The number of isocyanates is 1. The number of amides is 2. The fourth-order valence-electron chi connectivity index (χ4n) is 3.29. The molecule has 0 aliphatic carbocycles. The van der Waals surface area contributed by atoms with Gasteiger partial charge in [-0.25, -0.2) is 24.2 Å². The first-order valence-corrected chi connectivity index (χ1v) is 11.7. The van der Waals surface area contributed by atoms with Gasteiger partial charge in [0.1, 0.15) is 6.04 Å². The van der Waals surface area contributed by atoms with Gasteiger partial charge in [-0.2, -0.15) is 4.90 Å². The van der Waals surface area contributed by atoms with E-state index in [0.29, 0.717) is 24.3 Å². The number of ether oxygens (including phenoxy) is 5. The van der Waals surface area contributed by atoms with Gasteiger partial charge >= 0.3 is 18.2 Å². The summed E-state index contributed by atoms with van der Waals surface area (Å²) in [5.74, 6) is -0.229. The Morgan fingerprint density at radius 3 is 1.97 bits per heavy atom. The van der Waals surface area contributed by atoms with Crippen molar-refractivity contribution < 1.29 is 42.9 Å². The topological polar surface area (TPSA) is 130 Å². The number of hydrogen-bond acceptors (Lipinski definition) is 10. The fourth-order valence-corrected chi connectivity index (χ4v) is 3.29. The molecule has 0 aromatic heterocycles. The normalized spacial score (nSPS) is 10.9. The monoisotopic (exact) mass is 514 g/mol. The van der Waals surface area contributed by atoms with Gasteiger partial charge in [-0.15, -0.1) is 0 Å². The van der Waals surface area contributed by atoms with E-state index in [1.54, 1.807) is 50.2 Å². The van der Waals surface area contributed by atoms with Crippen LogP contribution in [0.25, 0.3) is 0 Å². The maximum Gasteiger partial charge on any atom is 0.425 e. The zero-order chi connectivity index (χ0) is 27.0. The first-order chi connectivity index (χ1) is 18.0.